The molecule has 17 heavy (non-hydrogen) atoms. The summed E-state index contributed by atoms with van der Waals surface area (Å²) in [5.74, 6) is -0.993. The Labute approximate surface area is 98.8 Å². The second-order valence-electron chi connectivity index (χ2n) is 3.50. The molecule has 92 valence electrons. The van der Waals surface area contributed by atoms with Gasteiger partial charge in [-0.2, -0.15) is 0 Å². The second kappa shape index (κ2) is 5.86. The van der Waals surface area contributed by atoms with E-state index in [1.807, 2.05) is 0 Å². The summed E-state index contributed by atoms with van der Waals surface area (Å²) in [6.07, 6.45) is 0. The number of anilines is 1. The Bertz CT molecular complexity index is 432. The molecule has 0 aromatic heterocycles. The fourth-order valence-electron chi connectivity index (χ4n) is 1.29. The quantitative estimate of drug-likeness (QED) is 0.620. The Morgan fingerprint density at radius 1 is 1.41 bits per heavy atom. The van der Waals surface area contributed by atoms with Crippen LogP contribution in [0.4, 0.5) is 10.5 Å². The van der Waals surface area contributed by atoms with Crippen molar-refractivity contribution in [2.45, 2.75) is 6.92 Å². The summed E-state index contributed by atoms with van der Waals surface area (Å²) < 4.78 is 0. The lowest BCUT2D eigenvalue weighted by atomic mass is 10.1. The van der Waals surface area contributed by atoms with E-state index in [9.17, 15) is 9.59 Å². The minimum atomic E-state index is -0.993. The summed E-state index contributed by atoms with van der Waals surface area (Å²) in [5, 5.41) is 14.0. The zero-order valence-electron chi connectivity index (χ0n) is 9.49. The highest BCUT2D eigenvalue weighted by atomic mass is 16.4. The van der Waals surface area contributed by atoms with Gasteiger partial charge in [0.05, 0.1) is 5.56 Å². The summed E-state index contributed by atoms with van der Waals surface area (Å²) >= 11 is 0. The van der Waals surface area contributed by atoms with Crippen molar-refractivity contribution in [1.29, 1.82) is 0 Å². The highest BCUT2D eigenvalue weighted by Gasteiger charge is 2.07. The molecule has 0 saturated heterocycles. The number of hydrogen-bond donors (Lipinski definition) is 4. The topological polar surface area (TPSA) is 104 Å². The number of carboxylic acids is 1. The highest BCUT2D eigenvalue weighted by molar-refractivity contribution is 5.92. The summed E-state index contributed by atoms with van der Waals surface area (Å²) in [4.78, 5) is 22.1. The van der Waals surface area contributed by atoms with Crippen LogP contribution in [-0.2, 0) is 0 Å². The Balaban J connectivity index is 2.72. The third-order valence-corrected chi connectivity index (χ3v) is 2.15. The van der Waals surface area contributed by atoms with Crippen LogP contribution in [0.25, 0.3) is 0 Å². The molecule has 5 N–H and O–H groups in total. The van der Waals surface area contributed by atoms with Crippen molar-refractivity contribution >= 4 is 17.7 Å². The van der Waals surface area contributed by atoms with Crippen molar-refractivity contribution < 1.29 is 14.7 Å². The third kappa shape index (κ3) is 3.76. The van der Waals surface area contributed by atoms with Crippen LogP contribution in [0, 0.1) is 6.92 Å². The summed E-state index contributed by atoms with van der Waals surface area (Å²) in [7, 11) is 0. The number of hydrogen-bond acceptors (Lipinski definition) is 3. The first-order valence-electron chi connectivity index (χ1n) is 5.13. The van der Waals surface area contributed by atoms with Gasteiger partial charge in [-0.3, -0.25) is 0 Å². The van der Waals surface area contributed by atoms with Crippen molar-refractivity contribution in [2.75, 3.05) is 18.4 Å². The average Bonchev–Trinajstić information content (AvgIpc) is 2.28. The van der Waals surface area contributed by atoms with Crippen LogP contribution in [0.3, 0.4) is 0 Å². The number of carbonyl (C=O) groups is 2. The highest BCUT2D eigenvalue weighted by Crippen LogP contribution is 2.16. The fourth-order valence-corrected chi connectivity index (χ4v) is 1.29. The van der Waals surface area contributed by atoms with E-state index in [2.05, 4.69) is 10.6 Å². The molecular weight excluding hydrogens is 222 g/mol. The van der Waals surface area contributed by atoms with E-state index in [1.165, 1.54) is 12.1 Å². The van der Waals surface area contributed by atoms with Crippen LogP contribution in [0.5, 0.6) is 0 Å². The maximum absolute atomic E-state index is 11.3. The van der Waals surface area contributed by atoms with Crippen molar-refractivity contribution in [3.63, 3.8) is 0 Å². The number of carboxylic acid groups (broad SMARTS) is 1. The van der Waals surface area contributed by atoms with Gasteiger partial charge in [0.25, 0.3) is 0 Å². The predicted molar refractivity (Wildman–Crippen MR) is 64.2 cm³/mol. The van der Waals surface area contributed by atoms with Gasteiger partial charge >= 0.3 is 12.0 Å². The number of carbonyl (C=O) groups excluding carboxylic acids is 1. The first-order valence-corrected chi connectivity index (χ1v) is 5.13. The lowest BCUT2D eigenvalue weighted by Gasteiger charge is -2.09. The molecule has 0 heterocycles. The van der Waals surface area contributed by atoms with Gasteiger partial charge in [-0.15, -0.1) is 0 Å². The lowest BCUT2D eigenvalue weighted by Crippen LogP contribution is -2.33. The van der Waals surface area contributed by atoms with Crippen molar-refractivity contribution in [3.8, 4) is 0 Å². The number of aromatic carboxylic acids is 1. The molecule has 0 unspecified atom stereocenters. The van der Waals surface area contributed by atoms with Crippen molar-refractivity contribution in [3.05, 3.63) is 29.3 Å². The molecule has 0 saturated carbocycles. The molecular formula is C11H15N3O3. The Morgan fingerprint density at radius 3 is 2.65 bits per heavy atom. The standard InChI is InChI=1S/C11H15N3O3/c1-7-6-8(10(15)16)2-3-9(7)14-11(17)13-5-4-12/h2-3,6H,4-5,12H2,1H3,(H,15,16)(H2,13,14,17). The van der Waals surface area contributed by atoms with Gasteiger partial charge in [-0.1, -0.05) is 0 Å². The van der Waals surface area contributed by atoms with Crippen molar-refractivity contribution in [2.24, 2.45) is 5.73 Å². The van der Waals surface area contributed by atoms with E-state index in [0.717, 1.165) is 0 Å². The Hall–Kier alpha value is -2.08. The largest absolute Gasteiger partial charge is 0.478 e. The molecule has 0 atom stereocenters. The Kier molecular flexibility index (Phi) is 4.47. The second-order valence-corrected chi connectivity index (χ2v) is 3.50. The Morgan fingerprint density at radius 2 is 2.12 bits per heavy atom. The zero-order chi connectivity index (χ0) is 12.8. The van der Waals surface area contributed by atoms with E-state index >= 15 is 0 Å². The predicted octanol–water partition coefficient (Wildman–Crippen LogP) is 0.773. The monoisotopic (exact) mass is 237 g/mol. The fraction of sp³-hybridized carbons (Fsp3) is 0.273. The van der Waals surface area contributed by atoms with Crippen LogP contribution in [0.15, 0.2) is 18.2 Å². The number of urea groups is 1. The summed E-state index contributed by atoms with van der Waals surface area (Å²) in [6, 6.07) is 4.14. The van der Waals surface area contributed by atoms with Gasteiger partial charge in [0.1, 0.15) is 0 Å². The summed E-state index contributed by atoms with van der Waals surface area (Å²) in [6.45, 7) is 2.48. The average molecular weight is 237 g/mol. The van der Waals surface area contributed by atoms with Gasteiger partial charge in [-0.25, -0.2) is 9.59 Å². The molecule has 1 aromatic carbocycles. The van der Waals surface area contributed by atoms with Gasteiger partial charge in [0, 0.05) is 18.8 Å². The lowest BCUT2D eigenvalue weighted by molar-refractivity contribution is 0.0697. The van der Waals surface area contributed by atoms with Gasteiger partial charge in [-0.05, 0) is 30.7 Å². The van der Waals surface area contributed by atoms with E-state index < -0.39 is 5.97 Å². The first-order chi connectivity index (χ1) is 8.04. The number of nitrogens with two attached hydrogens (primary N) is 1. The number of rotatable bonds is 4. The van der Waals surface area contributed by atoms with Gasteiger partial charge < -0.3 is 21.5 Å². The maximum Gasteiger partial charge on any atom is 0.335 e. The van der Waals surface area contributed by atoms with E-state index in [0.29, 0.717) is 24.3 Å². The van der Waals surface area contributed by atoms with Crippen LogP contribution >= 0.6 is 0 Å². The molecule has 0 aliphatic carbocycles. The van der Waals surface area contributed by atoms with Crippen LogP contribution < -0.4 is 16.4 Å². The van der Waals surface area contributed by atoms with Crippen molar-refractivity contribution in [1.82, 2.24) is 5.32 Å². The van der Waals surface area contributed by atoms with Crippen LogP contribution in [0.2, 0.25) is 0 Å². The first kappa shape index (κ1) is 13.0. The van der Waals surface area contributed by atoms with Gasteiger partial charge in [0.2, 0.25) is 0 Å². The normalized spacial score (nSPS) is 9.76. The number of amides is 2. The van der Waals surface area contributed by atoms with Crippen LogP contribution in [0.1, 0.15) is 15.9 Å². The molecule has 1 rings (SSSR count). The molecule has 0 radical (unpaired) electrons. The van der Waals surface area contributed by atoms with Gasteiger partial charge in [0.15, 0.2) is 0 Å². The number of nitrogens with one attached hydrogen (secondary N) is 2. The molecule has 0 aliphatic heterocycles. The maximum atomic E-state index is 11.3. The van der Waals surface area contributed by atoms with Crippen LogP contribution in [-0.4, -0.2) is 30.2 Å². The van der Waals surface area contributed by atoms with E-state index in [4.69, 9.17) is 10.8 Å². The van der Waals surface area contributed by atoms with E-state index in [-0.39, 0.29) is 11.6 Å². The molecule has 6 heteroatoms. The smallest absolute Gasteiger partial charge is 0.335 e. The zero-order valence-corrected chi connectivity index (χ0v) is 9.49. The molecule has 1 aromatic rings. The molecule has 0 aliphatic rings. The summed E-state index contributed by atoms with van der Waals surface area (Å²) in [5.41, 5.74) is 6.70. The SMILES string of the molecule is Cc1cc(C(=O)O)ccc1NC(=O)NCCN. The number of benzene rings is 1. The minimum Gasteiger partial charge on any atom is -0.478 e. The number of aryl methyl sites for hydroxylation is 1. The third-order valence-electron chi connectivity index (χ3n) is 2.15. The molecule has 6 nitrogen and oxygen atoms in total. The van der Waals surface area contributed by atoms with E-state index in [1.54, 1.807) is 13.0 Å². The molecule has 0 bridgehead atoms. The molecule has 0 spiro atoms. The molecule has 0 fully saturated rings. The molecule has 2 amide bonds. The minimum absolute atomic E-state index is 0.190.